The summed E-state index contributed by atoms with van der Waals surface area (Å²) in [5, 5.41) is 4.76. The average Bonchev–Trinajstić information content (AvgIpc) is 3.30. The van der Waals surface area contributed by atoms with Crippen LogP contribution in [0.25, 0.3) is 10.9 Å². The second-order valence-electron chi connectivity index (χ2n) is 6.52. The average molecular weight is 283 g/mol. The molecule has 1 aromatic carbocycles. The molecule has 0 aliphatic heterocycles. The highest BCUT2D eigenvalue weighted by Gasteiger charge is 2.27. The van der Waals surface area contributed by atoms with Gasteiger partial charge >= 0.3 is 0 Å². The number of nitrogens with zero attached hydrogens (tertiary/aromatic N) is 2. The Kier molecular flexibility index (Phi) is 4.11. The molecule has 112 valence electrons. The molecule has 1 saturated carbocycles. The minimum atomic E-state index is 0.666. The number of fused-ring (bicyclic) bond motifs is 1. The van der Waals surface area contributed by atoms with Gasteiger partial charge in [-0.1, -0.05) is 32.0 Å². The molecule has 3 heteroatoms. The van der Waals surface area contributed by atoms with Crippen molar-refractivity contribution in [2.45, 2.75) is 39.3 Å². The van der Waals surface area contributed by atoms with Gasteiger partial charge in [-0.3, -0.25) is 4.98 Å². The van der Waals surface area contributed by atoms with Gasteiger partial charge in [0, 0.05) is 30.7 Å². The molecule has 1 aliphatic carbocycles. The number of hydrogen-bond acceptors (Lipinski definition) is 3. The number of benzene rings is 1. The first-order valence-corrected chi connectivity index (χ1v) is 7.97. The van der Waals surface area contributed by atoms with E-state index in [1.54, 1.807) is 0 Å². The van der Waals surface area contributed by atoms with Gasteiger partial charge in [0.25, 0.3) is 0 Å². The second kappa shape index (κ2) is 6.02. The van der Waals surface area contributed by atoms with Crippen LogP contribution in [-0.2, 0) is 6.54 Å². The highest BCUT2D eigenvalue weighted by Crippen LogP contribution is 2.34. The fraction of sp³-hybridized carbons (Fsp3) is 0.500. The van der Waals surface area contributed by atoms with Crippen LogP contribution in [-0.4, -0.2) is 24.6 Å². The summed E-state index contributed by atoms with van der Waals surface area (Å²) in [5.74, 6) is 0.666. The summed E-state index contributed by atoms with van der Waals surface area (Å²) in [6.07, 6.45) is 2.63. The van der Waals surface area contributed by atoms with Crippen molar-refractivity contribution in [2.75, 3.05) is 18.5 Å². The summed E-state index contributed by atoms with van der Waals surface area (Å²) < 4.78 is 0. The van der Waals surface area contributed by atoms with E-state index in [9.17, 15) is 0 Å². The molecule has 0 radical (unpaired) electrons. The van der Waals surface area contributed by atoms with E-state index in [2.05, 4.69) is 61.4 Å². The van der Waals surface area contributed by atoms with Crippen molar-refractivity contribution in [1.29, 1.82) is 0 Å². The second-order valence-corrected chi connectivity index (χ2v) is 6.52. The maximum absolute atomic E-state index is 4.81. The van der Waals surface area contributed by atoms with Gasteiger partial charge in [0.15, 0.2) is 0 Å². The van der Waals surface area contributed by atoms with Gasteiger partial charge in [0.1, 0.15) is 0 Å². The third-order valence-corrected chi connectivity index (χ3v) is 4.08. The van der Waals surface area contributed by atoms with Crippen molar-refractivity contribution in [2.24, 2.45) is 5.92 Å². The Bertz CT molecular complexity index is 617. The molecule has 2 aromatic rings. The van der Waals surface area contributed by atoms with Gasteiger partial charge in [0.05, 0.1) is 11.2 Å². The van der Waals surface area contributed by atoms with Crippen LogP contribution < -0.4 is 10.2 Å². The summed E-state index contributed by atoms with van der Waals surface area (Å²) in [5.41, 5.74) is 3.56. The van der Waals surface area contributed by atoms with Gasteiger partial charge in [-0.15, -0.1) is 0 Å². The summed E-state index contributed by atoms with van der Waals surface area (Å²) in [4.78, 5) is 7.23. The number of anilines is 1. The van der Waals surface area contributed by atoms with Crippen LogP contribution in [0.2, 0.25) is 0 Å². The Labute approximate surface area is 127 Å². The Morgan fingerprint density at radius 2 is 2.05 bits per heavy atom. The Morgan fingerprint density at radius 1 is 1.29 bits per heavy atom. The van der Waals surface area contributed by atoms with Gasteiger partial charge in [0.2, 0.25) is 0 Å². The lowest BCUT2D eigenvalue weighted by molar-refractivity contribution is 0.549. The van der Waals surface area contributed by atoms with Gasteiger partial charge in [-0.2, -0.15) is 0 Å². The van der Waals surface area contributed by atoms with Crippen molar-refractivity contribution in [3.8, 4) is 0 Å². The van der Waals surface area contributed by atoms with Crippen LogP contribution in [0.3, 0.4) is 0 Å². The molecule has 0 atom stereocenters. The van der Waals surface area contributed by atoms with Crippen LogP contribution in [0.15, 0.2) is 30.3 Å². The summed E-state index contributed by atoms with van der Waals surface area (Å²) in [7, 11) is 2.21. The fourth-order valence-electron chi connectivity index (χ4n) is 2.74. The SMILES string of the molecule is CC(C)CNCc1cc(N(C)C2CC2)c2ccccc2n1. The lowest BCUT2D eigenvalue weighted by atomic mass is 10.1. The maximum Gasteiger partial charge on any atom is 0.0726 e. The van der Waals surface area contributed by atoms with Crippen LogP contribution in [0.1, 0.15) is 32.4 Å². The minimum Gasteiger partial charge on any atom is -0.371 e. The van der Waals surface area contributed by atoms with Crippen molar-refractivity contribution >= 4 is 16.6 Å². The summed E-state index contributed by atoms with van der Waals surface area (Å²) in [6, 6.07) is 11.4. The number of pyridine rings is 1. The molecular formula is C18H25N3. The van der Waals surface area contributed by atoms with Crippen LogP contribution in [0.4, 0.5) is 5.69 Å². The zero-order valence-electron chi connectivity index (χ0n) is 13.3. The summed E-state index contributed by atoms with van der Waals surface area (Å²) >= 11 is 0. The topological polar surface area (TPSA) is 28.2 Å². The number of para-hydroxylation sites is 1. The quantitative estimate of drug-likeness (QED) is 0.878. The highest BCUT2D eigenvalue weighted by molar-refractivity contribution is 5.92. The van der Waals surface area contributed by atoms with Gasteiger partial charge < -0.3 is 10.2 Å². The fourth-order valence-corrected chi connectivity index (χ4v) is 2.74. The lowest BCUT2D eigenvalue weighted by Gasteiger charge is -2.21. The van der Waals surface area contributed by atoms with E-state index >= 15 is 0 Å². The van der Waals surface area contributed by atoms with E-state index in [1.165, 1.54) is 23.9 Å². The molecule has 1 aliphatic rings. The third kappa shape index (κ3) is 3.35. The molecule has 0 unspecified atom stereocenters. The monoisotopic (exact) mass is 283 g/mol. The number of rotatable bonds is 6. The zero-order valence-corrected chi connectivity index (χ0v) is 13.3. The Balaban J connectivity index is 1.90. The normalized spacial score (nSPS) is 14.9. The van der Waals surface area contributed by atoms with E-state index < -0.39 is 0 Å². The zero-order chi connectivity index (χ0) is 14.8. The smallest absolute Gasteiger partial charge is 0.0726 e. The predicted octanol–water partition coefficient (Wildman–Crippen LogP) is 3.58. The molecular weight excluding hydrogens is 258 g/mol. The lowest BCUT2D eigenvalue weighted by Crippen LogP contribution is -2.22. The van der Waals surface area contributed by atoms with E-state index in [1.807, 2.05) is 0 Å². The van der Waals surface area contributed by atoms with Crippen molar-refractivity contribution in [3.05, 3.63) is 36.0 Å². The first kappa shape index (κ1) is 14.3. The molecule has 1 heterocycles. The molecule has 3 nitrogen and oxygen atoms in total. The molecule has 0 saturated heterocycles. The van der Waals surface area contributed by atoms with E-state index in [4.69, 9.17) is 4.98 Å². The van der Waals surface area contributed by atoms with E-state index in [-0.39, 0.29) is 0 Å². The molecule has 1 fully saturated rings. The first-order chi connectivity index (χ1) is 10.1. The molecule has 0 spiro atoms. The first-order valence-electron chi connectivity index (χ1n) is 7.97. The number of nitrogens with one attached hydrogen (secondary N) is 1. The van der Waals surface area contributed by atoms with Gasteiger partial charge in [-0.25, -0.2) is 0 Å². The van der Waals surface area contributed by atoms with E-state index in [0.29, 0.717) is 12.0 Å². The number of aromatic nitrogens is 1. The predicted molar refractivity (Wildman–Crippen MR) is 89.7 cm³/mol. The third-order valence-electron chi connectivity index (χ3n) is 4.08. The van der Waals surface area contributed by atoms with Crippen molar-refractivity contribution in [3.63, 3.8) is 0 Å². The minimum absolute atomic E-state index is 0.666. The molecule has 21 heavy (non-hydrogen) atoms. The molecule has 1 aromatic heterocycles. The van der Waals surface area contributed by atoms with Gasteiger partial charge in [-0.05, 0) is 37.4 Å². The van der Waals surface area contributed by atoms with Crippen molar-refractivity contribution < 1.29 is 0 Å². The molecule has 1 N–H and O–H groups in total. The van der Waals surface area contributed by atoms with Crippen LogP contribution >= 0.6 is 0 Å². The van der Waals surface area contributed by atoms with Crippen molar-refractivity contribution in [1.82, 2.24) is 10.3 Å². The Morgan fingerprint density at radius 3 is 2.76 bits per heavy atom. The number of hydrogen-bond donors (Lipinski definition) is 1. The summed E-state index contributed by atoms with van der Waals surface area (Å²) in [6.45, 7) is 6.33. The Hall–Kier alpha value is -1.61. The van der Waals surface area contributed by atoms with E-state index in [0.717, 1.165) is 24.3 Å². The highest BCUT2D eigenvalue weighted by atomic mass is 15.2. The maximum atomic E-state index is 4.81. The molecule has 0 amide bonds. The molecule has 3 rings (SSSR count). The molecule has 0 bridgehead atoms. The van der Waals surface area contributed by atoms with Crippen LogP contribution in [0, 0.1) is 5.92 Å². The largest absolute Gasteiger partial charge is 0.371 e. The standard InChI is InChI=1S/C18H25N3/c1-13(2)11-19-12-14-10-18(21(3)15-8-9-15)16-6-4-5-7-17(16)20-14/h4-7,10,13,15,19H,8-9,11-12H2,1-3H3. The van der Waals surface area contributed by atoms with Crippen LogP contribution in [0.5, 0.6) is 0 Å².